The van der Waals surface area contributed by atoms with Gasteiger partial charge in [0.05, 0.1) is 21.7 Å². The molecule has 0 aliphatic rings. The fourth-order valence-corrected chi connectivity index (χ4v) is 2.70. The number of rotatable bonds is 2. The van der Waals surface area contributed by atoms with Crippen LogP contribution in [0.3, 0.4) is 0 Å². The van der Waals surface area contributed by atoms with Crippen LogP contribution in [0.5, 0.6) is 11.5 Å². The number of benzene rings is 2. The fourth-order valence-electron chi connectivity index (χ4n) is 1.40. The van der Waals surface area contributed by atoms with E-state index >= 15 is 0 Å². The van der Waals surface area contributed by atoms with Gasteiger partial charge < -0.3 is 4.74 Å². The van der Waals surface area contributed by atoms with Crippen LogP contribution in [0.4, 0.5) is 0 Å². The molecule has 0 aromatic heterocycles. The van der Waals surface area contributed by atoms with E-state index in [1.165, 1.54) is 0 Å². The zero-order valence-electron chi connectivity index (χ0n) is 9.25. The second kappa shape index (κ2) is 6.15. The Bertz CT molecular complexity index is 683. The van der Waals surface area contributed by atoms with Crippen LogP contribution in [0.25, 0.3) is 0 Å². The Hall–Kier alpha value is -0.730. The largest absolute Gasteiger partial charge is 0.456 e. The Morgan fingerprint density at radius 2 is 1.74 bits per heavy atom. The van der Waals surface area contributed by atoms with Gasteiger partial charge in [0.2, 0.25) is 0 Å². The molecule has 0 fully saturated rings. The van der Waals surface area contributed by atoms with E-state index < -0.39 is 0 Å². The summed E-state index contributed by atoms with van der Waals surface area (Å²) in [6.45, 7) is 0. The predicted molar refractivity (Wildman–Crippen MR) is 83.1 cm³/mol. The summed E-state index contributed by atoms with van der Waals surface area (Å²) in [7, 11) is 0. The molecule has 0 atom stereocenters. The lowest BCUT2D eigenvalue weighted by atomic mass is 10.2. The van der Waals surface area contributed by atoms with E-state index in [1.54, 1.807) is 30.3 Å². The first-order valence-electron chi connectivity index (χ1n) is 5.02. The van der Waals surface area contributed by atoms with E-state index in [4.69, 9.17) is 33.2 Å². The zero-order valence-corrected chi connectivity index (χ0v) is 13.9. The molecule has 96 valence electrons. The van der Waals surface area contributed by atoms with E-state index in [1.807, 2.05) is 0 Å². The topological polar surface area (TPSA) is 33.0 Å². The summed E-state index contributed by atoms with van der Waals surface area (Å²) in [5.41, 5.74) is 0.490. The average Bonchev–Trinajstić information content (AvgIpc) is 2.35. The molecule has 19 heavy (non-hydrogen) atoms. The summed E-state index contributed by atoms with van der Waals surface area (Å²) in [6, 6.07) is 10.4. The van der Waals surface area contributed by atoms with Crippen LogP contribution in [-0.4, -0.2) is 0 Å². The maximum absolute atomic E-state index is 8.91. The second-order valence-corrected chi connectivity index (χ2v) is 6.17. The number of hydrogen-bond donors (Lipinski definition) is 0. The lowest BCUT2D eigenvalue weighted by Gasteiger charge is -2.09. The number of halogens is 4. The molecule has 0 saturated heterocycles. The second-order valence-electron chi connectivity index (χ2n) is 3.59. The molecular weight excluding hydrogens is 417 g/mol. The van der Waals surface area contributed by atoms with Crippen molar-refractivity contribution in [3.63, 3.8) is 0 Å². The van der Waals surface area contributed by atoms with Gasteiger partial charge in [-0.3, -0.25) is 0 Å². The van der Waals surface area contributed by atoms with E-state index in [-0.39, 0.29) is 0 Å². The molecule has 0 aliphatic carbocycles. The summed E-state index contributed by atoms with van der Waals surface area (Å²) < 4.78 is 7.09. The van der Waals surface area contributed by atoms with Crippen molar-refractivity contribution in [3.8, 4) is 17.6 Å². The molecule has 0 heterocycles. The van der Waals surface area contributed by atoms with E-state index in [9.17, 15) is 0 Å². The summed E-state index contributed by atoms with van der Waals surface area (Å²) in [4.78, 5) is 0. The lowest BCUT2D eigenvalue weighted by Crippen LogP contribution is -1.87. The van der Waals surface area contributed by atoms with Crippen molar-refractivity contribution in [1.82, 2.24) is 0 Å². The molecule has 2 aromatic rings. The first-order chi connectivity index (χ1) is 8.99. The normalized spacial score (nSPS) is 10.1. The average molecular weight is 422 g/mol. The first-order valence-corrected chi connectivity index (χ1v) is 7.37. The molecule has 2 aromatic carbocycles. The van der Waals surface area contributed by atoms with Crippen LogP contribution >= 0.6 is 55.1 Å². The molecule has 0 N–H and O–H groups in total. The highest BCUT2D eigenvalue weighted by atomic mass is 79.9. The van der Waals surface area contributed by atoms with Crippen LogP contribution in [0.1, 0.15) is 5.56 Å². The molecule has 0 aliphatic heterocycles. The van der Waals surface area contributed by atoms with Gasteiger partial charge in [0.1, 0.15) is 11.5 Å². The molecular formula is C13H5Br2Cl2NO. The van der Waals surface area contributed by atoms with Crippen LogP contribution < -0.4 is 4.74 Å². The number of nitriles is 1. The van der Waals surface area contributed by atoms with Gasteiger partial charge in [-0.05, 0) is 40.2 Å². The minimum Gasteiger partial charge on any atom is -0.456 e. The monoisotopic (exact) mass is 419 g/mol. The van der Waals surface area contributed by atoms with Crippen molar-refractivity contribution in [2.75, 3.05) is 0 Å². The highest BCUT2D eigenvalue weighted by Gasteiger charge is 2.09. The summed E-state index contributed by atoms with van der Waals surface area (Å²) in [6.07, 6.45) is 0. The number of ether oxygens (including phenoxy) is 1. The molecule has 0 bridgehead atoms. The SMILES string of the molecule is N#Cc1cc(Br)cc(Oc2cc(Cl)c(Br)cc2Cl)c1. The highest BCUT2D eigenvalue weighted by Crippen LogP contribution is 2.37. The quantitative estimate of drug-likeness (QED) is 0.542. The third kappa shape index (κ3) is 3.64. The summed E-state index contributed by atoms with van der Waals surface area (Å²) in [5.74, 6) is 0.933. The van der Waals surface area contributed by atoms with Crippen molar-refractivity contribution >= 4 is 55.1 Å². The van der Waals surface area contributed by atoms with E-state index in [0.717, 1.165) is 4.47 Å². The number of nitrogens with zero attached hydrogens (tertiary/aromatic N) is 1. The van der Waals surface area contributed by atoms with E-state index in [2.05, 4.69) is 37.9 Å². The van der Waals surface area contributed by atoms with Gasteiger partial charge in [-0.1, -0.05) is 39.1 Å². The minimum absolute atomic E-state index is 0.426. The molecule has 6 heteroatoms. The Morgan fingerprint density at radius 1 is 1.00 bits per heavy atom. The predicted octanol–water partition coefficient (Wildman–Crippen LogP) is 6.18. The third-order valence-electron chi connectivity index (χ3n) is 2.20. The Balaban J connectivity index is 2.39. The van der Waals surface area contributed by atoms with Gasteiger partial charge in [-0.2, -0.15) is 5.26 Å². The highest BCUT2D eigenvalue weighted by molar-refractivity contribution is 9.10. The van der Waals surface area contributed by atoms with Crippen molar-refractivity contribution in [2.45, 2.75) is 0 Å². The van der Waals surface area contributed by atoms with Crippen molar-refractivity contribution in [1.29, 1.82) is 5.26 Å². The molecule has 0 amide bonds. The van der Waals surface area contributed by atoms with Gasteiger partial charge in [-0.15, -0.1) is 0 Å². The fraction of sp³-hybridized carbons (Fsp3) is 0. The van der Waals surface area contributed by atoms with Crippen molar-refractivity contribution in [3.05, 3.63) is 54.9 Å². The van der Waals surface area contributed by atoms with E-state index in [0.29, 0.717) is 31.6 Å². The van der Waals surface area contributed by atoms with Crippen molar-refractivity contribution in [2.24, 2.45) is 0 Å². The minimum atomic E-state index is 0.426. The Labute approximate surface area is 137 Å². The zero-order chi connectivity index (χ0) is 14.0. The lowest BCUT2D eigenvalue weighted by molar-refractivity contribution is 0.482. The molecule has 0 saturated carbocycles. The van der Waals surface area contributed by atoms with Gasteiger partial charge >= 0.3 is 0 Å². The maximum atomic E-state index is 8.91. The Morgan fingerprint density at radius 3 is 2.42 bits per heavy atom. The maximum Gasteiger partial charge on any atom is 0.147 e. The molecule has 2 rings (SSSR count). The van der Waals surface area contributed by atoms with Crippen LogP contribution in [-0.2, 0) is 0 Å². The van der Waals surface area contributed by atoms with Gasteiger partial charge in [-0.25, -0.2) is 0 Å². The van der Waals surface area contributed by atoms with Crippen LogP contribution in [0.2, 0.25) is 10.0 Å². The molecule has 2 nitrogen and oxygen atoms in total. The smallest absolute Gasteiger partial charge is 0.147 e. The third-order valence-corrected chi connectivity index (χ3v) is 4.15. The van der Waals surface area contributed by atoms with Crippen molar-refractivity contribution < 1.29 is 4.74 Å². The molecule has 0 radical (unpaired) electrons. The molecule has 0 spiro atoms. The summed E-state index contributed by atoms with van der Waals surface area (Å²) >= 11 is 18.7. The van der Waals surface area contributed by atoms with Crippen LogP contribution in [0, 0.1) is 11.3 Å². The number of hydrogen-bond acceptors (Lipinski definition) is 2. The van der Waals surface area contributed by atoms with Crippen LogP contribution in [0.15, 0.2) is 39.3 Å². The first kappa shape index (κ1) is 14.7. The standard InChI is InChI=1S/C13H5Br2Cl2NO/c14-8-1-7(6-18)2-9(3-8)19-13-5-11(16)10(15)4-12(13)17/h1-5H. The van der Waals surface area contributed by atoms with Gasteiger partial charge in [0, 0.05) is 15.0 Å². The van der Waals surface area contributed by atoms with Gasteiger partial charge in [0.15, 0.2) is 0 Å². The van der Waals surface area contributed by atoms with Gasteiger partial charge in [0.25, 0.3) is 0 Å². The Kier molecular flexibility index (Phi) is 4.75. The molecule has 0 unspecified atom stereocenters. The summed E-state index contributed by atoms with van der Waals surface area (Å²) in [5, 5.41) is 9.83.